The van der Waals surface area contributed by atoms with Crippen molar-refractivity contribution < 1.29 is 19.5 Å². The molecule has 0 spiro atoms. The minimum absolute atomic E-state index is 0.219. The van der Waals surface area contributed by atoms with Crippen LogP contribution in [0, 0.1) is 5.41 Å². The van der Waals surface area contributed by atoms with E-state index in [4.69, 9.17) is 0 Å². The van der Waals surface area contributed by atoms with Crippen LogP contribution in [0.25, 0.3) is 0 Å². The summed E-state index contributed by atoms with van der Waals surface area (Å²) in [5, 5.41) is 12.0. The Labute approximate surface area is 151 Å². The van der Waals surface area contributed by atoms with Gasteiger partial charge in [0.2, 0.25) is 5.91 Å². The minimum atomic E-state index is -1.35. The molecule has 2 amide bonds. The Bertz CT molecular complexity index is 844. The predicted octanol–water partition coefficient (Wildman–Crippen LogP) is 3.16. The topological polar surface area (TPSA) is 86.7 Å². The molecule has 134 valence electrons. The molecule has 0 aromatic heterocycles. The molecule has 1 aliphatic rings. The molecule has 1 fully saturated rings. The second-order valence-corrected chi connectivity index (χ2v) is 6.48. The van der Waals surface area contributed by atoms with Gasteiger partial charge in [0.15, 0.2) is 0 Å². The van der Waals surface area contributed by atoms with Crippen LogP contribution in [0.5, 0.6) is 0 Å². The van der Waals surface area contributed by atoms with Crippen molar-refractivity contribution in [2.45, 2.75) is 19.3 Å². The Morgan fingerprint density at radius 1 is 1.04 bits per heavy atom. The third-order valence-corrected chi connectivity index (χ3v) is 4.87. The van der Waals surface area contributed by atoms with Gasteiger partial charge in [-0.2, -0.15) is 0 Å². The maximum absolute atomic E-state index is 12.7. The number of carboxylic acid groups (broad SMARTS) is 1. The average molecular weight is 352 g/mol. The van der Waals surface area contributed by atoms with Crippen molar-refractivity contribution in [1.82, 2.24) is 0 Å². The van der Waals surface area contributed by atoms with Crippen LogP contribution < -0.4 is 10.2 Å². The van der Waals surface area contributed by atoms with Crippen LogP contribution in [0.1, 0.15) is 29.6 Å². The first-order valence-corrected chi connectivity index (χ1v) is 8.42. The van der Waals surface area contributed by atoms with E-state index in [-0.39, 0.29) is 5.91 Å². The van der Waals surface area contributed by atoms with E-state index in [0.717, 1.165) is 12.1 Å². The van der Waals surface area contributed by atoms with E-state index < -0.39 is 17.3 Å². The van der Waals surface area contributed by atoms with E-state index in [1.807, 2.05) is 30.3 Å². The van der Waals surface area contributed by atoms with Gasteiger partial charge in [-0.25, -0.2) is 0 Å². The number of anilines is 2. The molecule has 0 aliphatic heterocycles. The Hall–Kier alpha value is -3.15. The Morgan fingerprint density at radius 3 is 2.31 bits per heavy atom. The van der Waals surface area contributed by atoms with Gasteiger partial charge in [-0.1, -0.05) is 30.7 Å². The highest BCUT2D eigenvalue weighted by molar-refractivity contribution is 6.10. The Balaban J connectivity index is 1.77. The summed E-state index contributed by atoms with van der Waals surface area (Å²) in [5.74, 6) is -1.85. The van der Waals surface area contributed by atoms with Gasteiger partial charge in [0.1, 0.15) is 5.41 Å². The number of rotatable bonds is 5. The standard InChI is InChI=1S/C20H20N2O4/c1-22(16-9-3-2-4-10-16)17(23)14-7-5-8-15(13-14)21-18(24)20(19(25)26)11-6-12-20/h2-5,7-10,13H,6,11-12H2,1H3,(H,21,24)(H,25,26). The average Bonchev–Trinajstić information content (AvgIpc) is 2.60. The smallest absolute Gasteiger partial charge is 0.319 e. The van der Waals surface area contributed by atoms with Gasteiger partial charge >= 0.3 is 5.97 Å². The van der Waals surface area contributed by atoms with Crippen LogP contribution in [0.2, 0.25) is 0 Å². The first-order chi connectivity index (χ1) is 12.4. The van der Waals surface area contributed by atoms with Crippen molar-refractivity contribution in [3.63, 3.8) is 0 Å². The number of hydrogen-bond acceptors (Lipinski definition) is 3. The highest BCUT2D eigenvalue weighted by Gasteiger charge is 2.51. The third kappa shape index (κ3) is 3.18. The molecule has 0 radical (unpaired) electrons. The second-order valence-electron chi connectivity index (χ2n) is 6.48. The summed E-state index contributed by atoms with van der Waals surface area (Å²) < 4.78 is 0. The van der Waals surface area contributed by atoms with Gasteiger partial charge in [0.25, 0.3) is 5.91 Å². The van der Waals surface area contributed by atoms with E-state index in [9.17, 15) is 19.5 Å². The number of benzene rings is 2. The molecule has 2 aromatic rings. The van der Waals surface area contributed by atoms with E-state index >= 15 is 0 Å². The molecule has 3 rings (SSSR count). The second kappa shape index (κ2) is 7.00. The first-order valence-electron chi connectivity index (χ1n) is 8.42. The number of carboxylic acids is 1. The predicted molar refractivity (Wildman–Crippen MR) is 98.2 cm³/mol. The van der Waals surface area contributed by atoms with Crippen molar-refractivity contribution in [3.05, 3.63) is 60.2 Å². The lowest BCUT2D eigenvalue weighted by Crippen LogP contribution is -2.48. The highest BCUT2D eigenvalue weighted by Crippen LogP contribution is 2.42. The summed E-state index contributed by atoms with van der Waals surface area (Å²) in [6.45, 7) is 0. The monoisotopic (exact) mass is 352 g/mol. The summed E-state index contributed by atoms with van der Waals surface area (Å²) in [5.41, 5.74) is 0.231. The number of nitrogens with one attached hydrogen (secondary N) is 1. The number of nitrogens with zero attached hydrogens (tertiary/aromatic N) is 1. The zero-order chi connectivity index (χ0) is 18.7. The van der Waals surface area contributed by atoms with Crippen LogP contribution in [0.15, 0.2) is 54.6 Å². The maximum atomic E-state index is 12.7. The molecular formula is C20H20N2O4. The van der Waals surface area contributed by atoms with Crippen molar-refractivity contribution in [1.29, 1.82) is 0 Å². The molecule has 6 nitrogen and oxygen atoms in total. The van der Waals surface area contributed by atoms with Crippen molar-refractivity contribution in [2.75, 3.05) is 17.3 Å². The van der Waals surface area contributed by atoms with E-state index in [0.29, 0.717) is 24.1 Å². The van der Waals surface area contributed by atoms with Crippen LogP contribution in [0.4, 0.5) is 11.4 Å². The van der Waals surface area contributed by atoms with Crippen molar-refractivity contribution in [3.8, 4) is 0 Å². The summed E-state index contributed by atoms with van der Waals surface area (Å²) in [4.78, 5) is 38.0. The van der Waals surface area contributed by atoms with Crippen molar-refractivity contribution >= 4 is 29.2 Å². The lowest BCUT2D eigenvalue weighted by Gasteiger charge is -2.35. The van der Waals surface area contributed by atoms with Crippen LogP contribution in [0.3, 0.4) is 0 Å². The molecule has 0 bridgehead atoms. The van der Waals surface area contributed by atoms with Crippen LogP contribution in [-0.4, -0.2) is 29.9 Å². The SMILES string of the molecule is CN(C(=O)c1cccc(NC(=O)C2(C(=O)O)CCC2)c1)c1ccccc1. The summed E-state index contributed by atoms with van der Waals surface area (Å²) in [7, 11) is 1.68. The normalized spacial score (nSPS) is 14.8. The van der Waals surface area contributed by atoms with E-state index in [2.05, 4.69) is 5.32 Å². The molecule has 1 saturated carbocycles. The van der Waals surface area contributed by atoms with Gasteiger partial charge in [-0.05, 0) is 43.2 Å². The molecule has 0 atom stereocenters. The molecule has 6 heteroatoms. The third-order valence-electron chi connectivity index (χ3n) is 4.87. The maximum Gasteiger partial charge on any atom is 0.319 e. The van der Waals surface area contributed by atoms with E-state index in [1.165, 1.54) is 4.90 Å². The summed E-state index contributed by atoms with van der Waals surface area (Å²) in [6.07, 6.45) is 1.40. The highest BCUT2D eigenvalue weighted by atomic mass is 16.4. The fraction of sp³-hybridized carbons (Fsp3) is 0.250. The zero-order valence-electron chi connectivity index (χ0n) is 14.4. The molecule has 1 aliphatic carbocycles. The number of carbonyl (C=O) groups excluding carboxylic acids is 2. The minimum Gasteiger partial charge on any atom is -0.480 e. The first kappa shape index (κ1) is 17.7. The van der Waals surface area contributed by atoms with Gasteiger partial charge in [0.05, 0.1) is 0 Å². The largest absolute Gasteiger partial charge is 0.480 e. The van der Waals surface area contributed by atoms with Crippen LogP contribution >= 0.6 is 0 Å². The lowest BCUT2D eigenvalue weighted by molar-refractivity contribution is -0.159. The van der Waals surface area contributed by atoms with Crippen LogP contribution in [-0.2, 0) is 9.59 Å². The van der Waals surface area contributed by atoms with Gasteiger partial charge in [-0.3, -0.25) is 14.4 Å². The molecular weight excluding hydrogens is 332 g/mol. The number of aliphatic carboxylic acids is 1. The van der Waals surface area contributed by atoms with Gasteiger partial charge in [-0.15, -0.1) is 0 Å². The molecule has 2 N–H and O–H groups in total. The number of carbonyl (C=O) groups is 3. The summed E-state index contributed by atoms with van der Waals surface area (Å²) in [6, 6.07) is 15.8. The van der Waals surface area contributed by atoms with E-state index in [1.54, 1.807) is 31.3 Å². The lowest BCUT2D eigenvalue weighted by atomic mass is 9.68. The van der Waals surface area contributed by atoms with Gasteiger partial charge < -0.3 is 15.3 Å². The molecule has 0 heterocycles. The molecule has 2 aromatic carbocycles. The number of para-hydroxylation sites is 1. The molecule has 0 unspecified atom stereocenters. The molecule has 0 saturated heterocycles. The van der Waals surface area contributed by atoms with Gasteiger partial charge in [0, 0.05) is 24.0 Å². The Morgan fingerprint density at radius 2 is 1.73 bits per heavy atom. The fourth-order valence-corrected chi connectivity index (χ4v) is 3.01. The number of hydrogen-bond donors (Lipinski definition) is 2. The molecule has 26 heavy (non-hydrogen) atoms. The van der Waals surface area contributed by atoms with Crippen molar-refractivity contribution in [2.24, 2.45) is 5.41 Å². The Kier molecular flexibility index (Phi) is 4.75. The quantitative estimate of drug-likeness (QED) is 0.809. The fourth-order valence-electron chi connectivity index (χ4n) is 3.01. The number of amides is 2. The zero-order valence-corrected chi connectivity index (χ0v) is 14.4. The summed E-state index contributed by atoms with van der Waals surface area (Å²) >= 11 is 0.